The Balaban J connectivity index is 2.12. The molecule has 106 valence electrons. The predicted molar refractivity (Wildman–Crippen MR) is 74.7 cm³/mol. The minimum Gasteiger partial charge on any atom is -0.497 e. The third-order valence-corrected chi connectivity index (χ3v) is 3.26. The Bertz CT molecular complexity index is 637. The van der Waals surface area contributed by atoms with Crippen LogP contribution in [0, 0.1) is 5.92 Å². The van der Waals surface area contributed by atoms with Crippen LogP contribution in [0.15, 0.2) is 23.2 Å². The molecule has 0 saturated heterocycles. The van der Waals surface area contributed by atoms with Crippen molar-refractivity contribution in [1.82, 2.24) is 5.32 Å². The summed E-state index contributed by atoms with van der Waals surface area (Å²) < 4.78 is 5.11. The lowest BCUT2D eigenvalue weighted by Crippen LogP contribution is -2.35. The van der Waals surface area contributed by atoms with Crippen molar-refractivity contribution in [2.24, 2.45) is 10.9 Å². The molecule has 1 atom stereocenters. The van der Waals surface area contributed by atoms with Crippen molar-refractivity contribution in [3.05, 3.63) is 28.8 Å². The van der Waals surface area contributed by atoms with Gasteiger partial charge in [0, 0.05) is 19.0 Å². The van der Waals surface area contributed by atoms with E-state index in [1.165, 1.54) is 0 Å². The first-order valence-corrected chi connectivity index (χ1v) is 6.69. The van der Waals surface area contributed by atoms with Gasteiger partial charge in [-0.25, -0.2) is 4.99 Å². The van der Waals surface area contributed by atoms with Crippen molar-refractivity contribution in [1.29, 1.82) is 0 Å². The lowest BCUT2D eigenvalue weighted by Gasteiger charge is -2.12. The monoisotopic (exact) mass is 274 g/mol. The second-order valence-electron chi connectivity index (χ2n) is 4.64. The lowest BCUT2D eigenvalue weighted by molar-refractivity contribution is -0.122. The van der Waals surface area contributed by atoms with Crippen molar-refractivity contribution >= 4 is 17.9 Å². The summed E-state index contributed by atoms with van der Waals surface area (Å²) in [5.41, 5.74) is 0. The smallest absolute Gasteiger partial charge is 0.253 e. The van der Waals surface area contributed by atoms with E-state index in [2.05, 4.69) is 10.3 Å². The predicted octanol–water partition coefficient (Wildman–Crippen LogP) is 0.168. The second-order valence-corrected chi connectivity index (χ2v) is 4.64. The first kappa shape index (κ1) is 14.2. The fourth-order valence-corrected chi connectivity index (χ4v) is 2.08. The standard InChI is InChI=1S/C15H18N2O3/c1-3-14(18)16-7-6-11-8-10-4-5-12(20-2)9-13(10)17-15(11)19/h4-5,8-9,11H,3,6-7H2,1-2H3,(H,16,18). The molecule has 1 N–H and O–H groups in total. The van der Waals surface area contributed by atoms with Gasteiger partial charge in [-0.2, -0.15) is 0 Å². The number of carbonyl (C=O) groups is 2. The van der Waals surface area contributed by atoms with Gasteiger partial charge in [0.1, 0.15) is 5.75 Å². The van der Waals surface area contributed by atoms with E-state index in [4.69, 9.17) is 4.74 Å². The third kappa shape index (κ3) is 3.23. The van der Waals surface area contributed by atoms with Crippen LogP contribution in [0.3, 0.4) is 0 Å². The fourth-order valence-electron chi connectivity index (χ4n) is 2.08. The largest absolute Gasteiger partial charge is 0.497 e. The quantitative estimate of drug-likeness (QED) is 0.832. The van der Waals surface area contributed by atoms with Crippen molar-refractivity contribution in [2.45, 2.75) is 19.8 Å². The third-order valence-electron chi connectivity index (χ3n) is 3.26. The topological polar surface area (TPSA) is 67.8 Å². The van der Waals surface area contributed by atoms with E-state index in [9.17, 15) is 9.59 Å². The van der Waals surface area contributed by atoms with Crippen molar-refractivity contribution < 1.29 is 14.3 Å². The summed E-state index contributed by atoms with van der Waals surface area (Å²) in [7, 11) is 1.58. The van der Waals surface area contributed by atoms with Gasteiger partial charge in [0.2, 0.25) is 5.91 Å². The van der Waals surface area contributed by atoms with E-state index in [0.717, 1.165) is 5.22 Å². The molecule has 0 saturated carbocycles. The maximum Gasteiger partial charge on any atom is 0.253 e. The maximum absolute atomic E-state index is 12.0. The number of ether oxygens (including phenoxy) is 1. The maximum atomic E-state index is 12.0. The van der Waals surface area contributed by atoms with Crippen molar-refractivity contribution in [2.75, 3.05) is 13.7 Å². The van der Waals surface area contributed by atoms with Gasteiger partial charge in [-0.15, -0.1) is 0 Å². The van der Waals surface area contributed by atoms with Gasteiger partial charge < -0.3 is 10.1 Å². The van der Waals surface area contributed by atoms with Gasteiger partial charge in [-0.1, -0.05) is 13.0 Å². The Morgan fingerprint density at radius 1 is 1.45 bits per heavy atom. The number of fused-ring (bicyclic) bond motifs is 1. The summed E-state index contributed by atoms with van der Waals surface area (Å²) >= 11 is 0. The Morgan fingerprint density at radius 3 is 2.95 bits per heavy atom. The molecule has 2 rings (SSSR count). The molecule has 0 spiro atoms. The molecular weight excluding hydrogens is 256 g/mol. The summed E-state index contributed by atoms with van der Waals surface area (Å²) in [4.78, 5) is 27.2. The van der Waals surface area contributed by atoms with Crippen LogP contribution in [0.25, 0.3) is 6.08 Å². The number of nitrogens with zero attached hydrogens (tertiary/aromatic N) is 1. The molecule has 1 aliphatic heterocycles. The molecule has 0 aliphatic carbocycles. The van der Waals surface area contributed by atoms with E-state index in [1.54, 1.807) is 20.1 Å². The molecular formula is C15H18N2O3. The number of amides is 2. The fraction of sp³-hybridized carbons (Fsp3) is 0.400. The molecule has 1 unspecified atom stereocenters. The van der Waals surface area contributed by atoms with E-state index >= 15 is 0 Å². The number of methoxy groups -OCH3 is 1. The highest BCUT2D eigenvalue weighted by Crippen LogP contribution is 2.10. The highest BCUT2D eigenvalue weighted by Gasteiger charge is 2.18. The SMILES string of the molecule is CCC(=O)NCCC1C=c2ccc(OC)cc2=NC1=O. The van der Waals surface area contributed by atoms with Crippen LogP contribution in [-0.4, -0.2) is 25.5 Å². The van der Waals surface area contributed by atoms with E-state index < -0.39 is 0 Å². The Morgan fingerprint density at radius 2 is 2.25 bits per heavy atom. The Kier molecular flexibility index (Phi) is 4.50. The van der Waals surface area contributed by atoms with Crippen LogP contribution in [0.2, 0.25) is 0 Å². The summed E-state index contributed by atoms with van der Waals surface area (Å²) in [6.45, 7) is 2.28. The number of hydrogen-bond donors (Lipinski definition) is 1. The molecule has 0 aromatic heterocycles. The summed E-state index contributed by atoms with van der Waals surface area (Å²) in [5, 5.41) is 4.34. The highest BCUT2D eigenvalue weighted by atomic mass is 16.5. The Labute approximate surface area is 117 Å². The van der Waals surface area contributed by atoms with Gasteiger partial charge in [-0.05, 0) is 23.8 Å². The normalized spacial score (nSPS) is 16.7. The van der Waals surface area contributed by atoms with E-state index in [1.807, 2.05) is 18.2 Å². The molecule has 2 amide bonds. The number of carbonyl (C=O) groups excluding carboxylic acids is 2. The average molecular weight is 274 g/mol. The molecule has 1 aliphatic rings. The first-order valence-electron chi connectivity index (χ1n) is 6.69. The number of nitrogens with one attached hydrogen (secondary N) is 1. The molecule has 1 aromatic carbocycles. The van der Waals surface area contributed by atoms with Crippen LogP contribution in [0.4, 0.5) is 0 Å². The molecule has 1 aromatic rings. The zero-order valence-electron chi connectivity index (χ0n) is 11.7. The number of hydrogen-bond acceptors (Lipinski definition) is 3. The molecule has 20 heavy (non-hydrogen) atoms. The second kappa shape index (κ2) is 6.32. The number of benzene rings is 1. The summed E-state index contributed by atoms with van der Waals surface area (Å²) in [6, 6.07) is 5.48. The van der Waals surface area contributed by atoms with Gasteiger partial charge in [-0.3, -0.25) is 9.59 Å². The Hall–Kier alpha value is -2.17. The van der Waals surface area contributed by atoms with E-state index in [0.29, 0.717) is 30.5 Å². The van der Waals surface area contributed by atoms with Crippen LogP contribution in [0.1, 0.15) is 19.8 Å². The zero-order chi connectivity index (χ0) is 14.5. The van der Waals surface area contributed by atoms with Gasteiger partial charge in [0.15, 0.2) is 0 Å². The molecule has 0 radical (unpaired) electrons. The molecule has 0 bridgehead atoms. The highest BCUT2D eigenvalue weighted by molar-refractivity contribution is 5.86. The summed E-state index contributed by atoms with van der Waals surface area (Å²) in [5.74, 6) is 0.238. The molecule has 5 nitrogen and oxygen atoms in total. The van der Waals surface area contributed by atoms with E-state index in [-0.39, 0.29) is 17.7 Å². The van der Waals surface area contributed by atoms with Gasteiger partial charge in [0.25, 0.3) is 5.91 Å². The zero-order valence-corrected chi connectivity index (χ0v) is 11.7. The lowest BCUT2D eigenvalue weighted by atomic mass is 10.0. The van der Waals surface area contributed by atoms with Crippen molar-refractivity contribution in [3.63, 3.8) is 0 Å². The molecule has 1 heterocycles. The minimum absolute atomic E-state index is 0.00432. The van der Waals surface area contributed by atoms with Crippen molar-refractivity contribution in [3.8, 4) is 5.75 Å². The average Bonchev–Trinajstić information content (AvgIpc) is 2.46. The number of rotatable bonds is 5. The van der Waals surface area contributed by atoms with Crippen LogP contribution in [-0.2, 0) is 9.59 Å². The molecule has 0 fully saturated rings. The summed E-state index contributed by atoms with van der Waals surface area (Å²) in [6.07, 6.45) is 2.93. The van der Waals surface area contributed by atoms with Crippen LogP contribution < -0.4 is 20.6 Å². The minimum atomic E-state index is -0.270. The van der Waals surface area contributed by atoms with Crippen LogP contribution >= 0.6 is 0 Å². The first-order chi connectivity index (χ1) is 9.63. The van der Waals surface area contributed by atoms with Gasteiger partial charge >= 0.3 is 0 Å². The molecule has 5 heteroatoms. The van der Waals surface area contributed by atoms with Gasteiger partial charge in [0.05, 0.1) is 18.4 Å². The van der Waals surface area contributed by atoms with Crippen LogP contribution in [0.5, 0.6) is 5.75 Å².